The zero-order valence-electron chi connectivity index (χ0n) is 10.3. The quantitative estimate of drug-likeness (QED) is 0.443. The molecule has 0 fully saturated rings. The molecule has 1 nitrogen and oxygen atoms in total. The van der Waals surface area contributed by atoms with Crippen LogP contribution in [0.3, 0.4) is 0 Å². The minimum atomic E-state index is 1.05. The van der Waals surface area contributed by atoms with Gasteiger partial charge < -0.3 is 0 Å². The van der Waals surface area contributed by atoms with E-state index in [1.165, 1.54) is 33.2 Å². The van der Waals surface area contributed by atoms with Gasteiger partial charge in [0.1, 0.15) is 0 Å². The van der Waals surface area contributed by atoms with Gasteiger partial charge in [0, 0.05) is 11.6 Å². The second kappa shape index (κ2) is 3.42. The molecule has 1 aliphatic rings. The molecule has 0 saturated heterocycles. The van der Waals surface area contributed by atoms with Crippen molar-refractivity contribution in [2.45, 2.75) is 13.3 Å². The molecule has 0 spiro atoms. The van der Waals surface area contributed by atoms with Crippen molar-refractivity contribution in [2.24, 2.45) is 0 Å². The molecule has 0 amide bonds. The maximum Gasteiger partial charge on any atom is 0.0737 e. The summed E-state index contributed by atoms with van der Waals surface area (Å²) in [6.45, 7) is 2.19. The van der Waals surface area contributed by atoms with E-state index in [4.69, 9.17) is 0 Å². The minimum absolute atomic E-state index is 1.05. The molecule has 18 heavy (non-hydrogen) atoms. The van der Waals surface area contributed by atoms with E-state index in [2.05, 4.69) is 48.3 Å². The lowest BCUT2D eigenvalue weighted by Crippen LogP contribution is -1.89. The summed E-state index contributed by atoms with van der Waals surface area (Å²) in [6, 6.07) is 15.2. The van der Waals surface area contributed by atoms with Crippen molar-refractivity contribution in [1.29, 1.82) is 0 Å². The van der Waals surface area contributed by atoms with Gasteiger partial charge in [-0.3, -0.25) is 4.98 Å². The SMILES string of the molecule is Cc1c2c(cc3cccnc13)Cc1ccccc1-2. The Hall–Kier alpha value is -2.15. The third-order valence-corrected chi connectivity index (χ3v) is 3.89. The Morgan fingerprint density at radius 3 is 2.83 bits per heavy atom. The molecule has 0 atom stereocenters. The first-order chi connectivity index (χ1) is 8.84. The topological polar surface area (TPSA) is 12.9 Å². The molecule has 1 heteroatoms. The number of hydrogen-bond donors (Lipinski definition) is 0. The summed E-state index contributed by atoms with van der Waals surface area (Å²) >= 11 is 0. The zero-order chi connectivity index (χ0) is 12.1. The van der Waals surface area contributed by atoms with Crippen LogP contribution in [0.4, 0.5) is 0 Å². The van der Waals surface area contributed by atoms with Crippen molar-refractivity contribution >= 4 is 10.9 Å². The van der Waals surface area contributed by atoms with E-state index in [0.717, 1.165) is 11.9 Å². The van der Waals surface area contributed by atoms with Crippen molar-refractivity contribution in [1.82, 2.24) is 4.98 Å². The zero-order valence-corrected chi connectivity index (χ0v) is 10.3. The van der Waals surface area contributed by atoms with Gasteiger partial charge in [0.25, 0.3) is 0 Å². The Morgan fingerprint density at radius 1 is 1.00 bits per heavy atom. The lowest BCUT2D eigenvalue weighted by atomic mass is 9.97. The fourth-order valence-electron chi connectivity index (χ4n) is 3.10. The summed E-state index contributed by atoms with van der Waals surface area (Å²) in [5, 5.41) is 1.25. The van der Waals surface area contributed by atoms with Crippen LogP contribution >= 0.6 is 0 Å². The fraction of sp³-hybridized carbons (Fsp3) is 0.118. The van der Waals surface area contributed by atoms with Crippen LogP contribution in [0.5, 0.6) is 0 Å². The largest absolute Gasteiger partial charge is 0.256 e. The second-order valence-electron chi connectivity index (χ2n) is 4.94. The maximum atomic E-state index is 4.53. The molecule has 4 rings (SSSR count). The Kier molecular flexibility index (Phi) is 1.87. The van der Waals surface area contributed by atoms with E-state index >= 15 is 0 Å². The Morgan fingerprint density at radius 2 is 1.89 bits per heavy atom. The van der Waals surface area contributed by atoms with E-state index in [1.54, 1.807) is 0 Å². The van der Waals surface area contributed by atoms with Crippen molar-refractivity contribution in [3.63, 3.8) is 0 Å². The second-order valence-corrected chi connectivity index (χ2v) is 4.94. The Balaban J connectivity index is 2.14. The monoisotopic (exact) mass is 231 g/mol. The van der Waals surface area contributed by atoms with Gasteiger partial charge in [-0.1, -0.05) is 30.3 Å². The number of aryl methyl sites for hydroxylation is 1. The lowest BCUT2D eigenvalue weighted by Gasteiger charge is -2.09. The van der Waals surface area contributed by atoms with E-state index in [1.807, 2.05) is 12.3 Å². The summed E-state index contributed by atoms with van der Waals surface area (Å²) in [5.41, 5.74) is 8.11. The normalized spacial score (nSPS) is 12.5. The molecular formula is C17H13N. The van der Waals surface area contributed by atoms with Gasteiger partial charge in [-0.15, -0.1) is 0 Å². The van der Waals surface area contributed by atoms with Gasteiger partial charge in [0.15, 0.2) is 0 Å². The molecule has 0 N–H and O–H groups in total. The van der Waals surface area contributed by atoms with Crippen LogP contribution in [-0.2, 0) is 6.42 Å². The van der Waals surface area contributed by atoms with E-state index in [9.17, 15) is 0 Å². The van der Waals surface area contributed by atoms with E-state index in [-0.39, 0.29) is 0 Å². The third-order valence-electron chi connectivity index (χ3n) is 3.89. The highest BCUT2D eigenvalue weighted by Crippen LogP contribution is 2.41. The van der Waals surface area contributed by atoms with E-state index in [0.29, 0.717) is 0 Å². The predicted octanol–water partition coefficient (Wildman–Crippen LogP) is 4.11. The molecule has 86 valence electrons. The molecule has 1 aromatic heterocycles. The van der Waals surface area contributed by atoms with Crippen LogP contribution in [0, 0.1) is 6.92 Å². The molecule has 1 heterocycles. The van der Waals surface area contributed by atoms with Crippen LogP contribution in [0.25, 0.3) is 22.0 Å². The van der Waals surface area contributed by atoms with Crippen LogP contribution in [0.2, 0.25) is 0 Å². The van der Waals surface area contributed by atoms with Crippen LogP contribution in [0.15, 0.2) is 48.7 Å². The number of rotatable bonds is 0. The molecule has 0 aliphatic heterocycles. The third kappa shape index (κ3) is 1.19. The predicted molar refractivity (Wildman–Crippen MR) is 74.7 cm³/mol. The lowest BCUT2D eigenvalue weighted by molar-refractivity contribution is 1.26. The summed E-state index contributed by atoms with van der Waals surface area (Å²) in [6.07, 6.45) is 2.93. The molecule has 0 radical (unpaired) electrons. The van der Waals surface area contributed by atoms with Gasteiger partial charge in [0.2, 0.25) is 0 Å². The first-order valence-electron chi connectivity index (χ1n) is 6.30. The maximum absolute atomic E-state index is 4.53. The number of benzene rings is 2. The summed E-state index contributed by atoms with van der Waals surface area (Å²) in [7, 11) is 0. The van der Waals surface area contributed by atoms with E-state index < -0.39 is 0 Å². The average Bonchev–Trinajstić information content (AvgIpc) is 2.77. The minimum Gasteiger partial charge on any atom is -0.256 e. The highest BCUT2D eigenvalue weighted by atomic mass is 14.6. The Bertz CT molecular complexity index is 772. The number of hydrogen-bond acceptors (Lipinski definition) is 1. The number of fused-ring (bicyclic) bond motifs is 4. The number of aromatic nitrogens is 1. The van der Waals surface area contributed by atoms with Crippen LogP contribution < -0.4 is 0 Å². The molecular weight excluding hydrogens is 218 g/mol. The highest BCUT2D eigenvalue weighted by molar-refractivity contribution is 5.93. The average molecular weight is 231 g/mol. The summed E-state index contributed by atoms with van der Waals surface area (Å²) < 4.78 is 0. The standard InChI is InChI=1S/C17H13N/c1-11-16-14(9-12-5-2-3-7-15(12)16)10-13-6-4-8-18-17(11)13/h2-8,10H,9H2,1H3. The smallest absolute Gasteiger partial charge is 0.0737 e. The fourth-order valence-corrected chi connectivity index (χ4v) is 3.10. The first-order valence-corrected chi connectivity index (χ1v) is 6.30. The van der Waals surface area contributed by atoms with Crippen LogP contribution in [0.1, 0.15) is 16.7 Å². The Labute approximate surface area is 106 Å². The van der Waals surface area contributed by atoms with Crippen molar-refractivity contribution < 1.29 is 0 Å². The van der Waals surface area contributed by atoms with Gasteiger partial charge in [-0.25, -0.2) is 0 Å². The molecule has 0 unspecified atom stereocenters. The van der Waals surface area contributed by atoms with Gasteiger partial charge >= 0.3 is 0 Å². The molecule has 1 aliphatic carbocycles. The van der Waals surface area contributed by atoms with Crippen LogP contribution in [-0.4, -0.2) is 4.98 Å². The molecule has 0 saturated carbocycles. The van der Waals surface area contributed by atoms with Crippen molar-refractivity contribution in [3.05, 3.63) is 65.4 Å². The summed E-state index contributed by atoms with van der Waals surface area (Å²) in [4.78, 5) is 4.53. The van der Waals surface area contributed by atoms with Crippen molar-refractivity contribution in [2.75, 3.05) is 0 Å². The highest BCUT2D eigenvalue weighted by Gasteiger charge is 2.21. The van der Waals surface area contributed by atoms with Gasteiger partial charge in [0.05, 0.1) is 5.52 Å². The first kappa shape index (κ1) is 9.84. The molecule has 2 aromatic carbocycles. The van der Waals surface area contributed by atoms with Gasteiger partial charge in [-0.05, 0) is 53.3 Å². The summed E-state index contributed by atoms with van der Waals surface area (Å²) in [5.74, 6) is 0. The van der Waals surface area contributed by atoms with Gasteiger partial charge in [-0.2, -0.15) is 0 Å². The number of nitrogens with zero attached hydrogens (tertiary/aromatic N) is 1. The molecule has 3 aromatic rings. The molecule has 0 bridgehead atoms. The number of pyridine rings is 1. The van der Waals surface area contributed by atoms with Crippen molar-refractivity contribution in [3.8, 4) is 11.1 Å².